The largest absolute Gasteiger partial charge is 0.356 e. The first-order valence-electron chi connectivity index (χ1n) is 7.12. The number of thiol groups is 1. The van der Waals surface area contributed by atoms with E-state index in [1.54, 1.807) is 13.3 Å². The highest BCUT2D eigenvalue weighted by Gasteiger charge is 2.30. The summed E-state index contributed by atoms with van der Waals surface area (Å²) in [6.45, 7) is 4.89. The molecule has 1 unspecified atom stereocenters. The van der Waals surface area contributed by atoms with E-state index in [2.05, 4.69) is 37.1 Å². The van der Waals surface area contributed by atoms with Gasteiger partial charge in [0.15, 0.2) is 0 Å². The first-order chi connectivity index (χ1) is 9.35. The Labute approximate surface area is 132 Å². The normalized spacial score (nSPS) is 14.1. The van der Waals surface area contributed by atoms with Gasteiger partial charge in [-0.05, 0) is 44.9 Å². The van der Waals surface area contributed by atoms with E-state index >= 15 is 0 Å². The van der Waals surface area contributed by atoms with E-state index in [1.807, 2.05) is 0 Å². The van der Waals surface area contributed by atoms with E-state index in [1.165, 1.54) is 11.8 Å². The summed E-state index contributed by atoms with van der Waals surface area (Å²) in [4.78, 5) is 22.5. The third-order valence-electron chi connectivity index (χ3n) is 3.17. The second-order valence-corrected chi connectivity index (χ2v) is 6.88. The molecule has 0 aromatic heterocycles. The molecule has 0 aliphatic heterocycles. The van der Waals surface area contributed by atoms with E-state index in [-0.39, 0.29) is 11.0 Å². The Kier molecular flexibility index (Phi) is 10.4. The fourth-order valence-corrected chi connectivity index (χ4v) is 2.71. The first-order valence-corrected chi connectivity index (χ1v) is 8.79. The van der Waals surface area contributed by atoms with E-state index in [9.17, 15) is 9.59 Å². The summed E-state index contributed by atoms with van der Waals surface area (Å²) in [5.41, 5.74) is 0. The molecule has 6 heteroatoms. The van der Waals surface area contributed by atoms with Crippen LogP contribution in [0.15, 0.2) is 0 Å². The zero-order valence-electron chi connectivity index (χ0n) is 13.0. The summed E-state index contributed by atoms with van der Waals surface area (Å²) >= 11 is 5.61. The molecule has 1 amide bonds. The average molecular weight is 321 g/mol. The van der Waals surface area contributed by atoms with Gasteiger partial charge < -0.3 is 5.32 Å². The molecule has 20 heavy (non-hydrogen) atoms. The van der Waals surface area contributed by atoms with Crippen LogP contribution in [0.5, 0.6) is 0 Å². The molecule has 0 rings (SSSR count). The van der Waals surface area contributed by atoms with Crippen molar-refractivity contribution in [2.45, 2.75) is 50.8 Å². The van der Waals surface area contributed by atoms with E-state index in [0.717, 1.165) is 19.3 Å². The third-order valence-corrected chi connectivity index (χ3v) is 4.69. The van der Waals surface area contributed by atoms with Gasteiger partial charge in [0.05, 0.1) is 0 Å². The fourth-order valence-electron chi connectivity index (χ4n) is 1.74. The Morgan fingerprint density at radius 2 is 1.95 bits per heavy atom. The number of hydrogen-bond donors (Lipinski definition) is 3. The third kappa shape index (κ3) is 8.17. The molecule has 0 aromatic rings. The minimum Gasteiger partial charge on any atom is -0.356 e. The molecule has 0 heterocycles. The zero-order chi connectivity index (χ0) is 15.6. The lowest BCUT2D eigenvalue weighted by Crippen LogP contribution is -2.43. The van der Waals surface area contributed by atoms with Crippen LogP contribution in [0.3, 0.4) is 0 Å². The predicted octanol–water partition coefficient (Wildman–Crippen LogP) is 2.44. The molecule has 118 valence electrons. The smallest absolute Gasteiger partial charge is 0.220 e. The summed E-state index contributed by atoms with van der Waals surface area (Å²) in [7, 11) is 1.74. The molecule has 0 saturated heterocycles. The average Bonchev–Trinajstić information content (AvgIpc) is 2.43. The number of nitrogens with one attached hydrogen (secondary N) is 2. The second-order valence-electron chi connectivity index (χ2n) is 5.34. The highest BCUT2D eigenvalue weighted by Crippen LogP contribution is 2.24. The maximum atomic E-state index is 11.7. The summed E-state index contributed by atoms with van der Waals surface area (Å²) in [6.07, 6.45) is 5.65. The summed E-state index contributed by atoms with van der Waals surface area (Å²) in [5, 5.41) is 5.91. The van der Waals surface area contributed by atoms with Crippen molar-refractivity contribution in [3.05, 3.63) is 0 Å². The molecule has 0 radical (unpaired) electrons. The van der Waals surface area contributed by atoms with Crippen molar-refractivity contribution >= 4 is 35.4 Å². The van der Waals surface area contributed by atoms with Crippen LogP contribution in [0.1, 0.15) is 46.0 Å². The van der Waals surface area contributed by atoms with Gasteiger partial charge in [-0.2, -0.15) is 0 Å². The van der Waals surface area contributed by atoms with Crippen molar-refractivity contribution in [2.24, 2.45) is 5.92 Å². The number of unbranched alkanes of at least 4 members (excludes halogenated alkanes) is 1. The van der Waals surface area contributed by atoms with Crippen molar-refractivity contribution in [1.29, 1.82) is 0 Å². The molecule has 0 bridgehead atoms. The molecule has 4 nitrogen and oxygen atoms in total. The Morgan fingerprint density at radius 1 is 1.30 bits per heavy atom. The molecule has 0 aromatic carbocycles. The van der Waals surface area contributed by atoms with Gasteiger partial charge in [-0.1, -0.05) is 25.6 Å². The number of rotatable bonds is 10. The molecular formula is C14H28N2O2S2. The number of amides is 1. The number of likely N-dealkylation sites (N-methyl/N-ethyl adjacent to an activating group) is 1. The predicted molar refractivity (Wildman–Crippen MR) is 90.2 cm³/mol. The Hall–Kier alpha value is -0.200. The topological polar surface area (TPSA) is 58.2 Å². The number of carbonyl (C=O) groups excluding carboxylic acids is 2. The van der Waals surface area contributed by atoms with E-state index in [4.69, 9.17) is 0 Å². The zero-order valence-corrected chi connectivity index (χ0v) is 14.7. The maximum Gasteiger partial charge on any atom is 0.220 e. The Balaban J connectivity index is 3.80. The number of thioether (sulfide) groups is 1. The molecule has 1 atom stereocenters. The highest BCUT2D eigenvalue weighted by molar-refractivity contribution is 8.14. The van der Waals surface area contributed by atoms with Crippen LogP contribution >= 0.6 is 24.4 Å². The van der Waals surface area contributed by atoms with Gasteiger partial charge in [0.1, 0.15) is 4.87 Å². The van der Waals surface area contributed by atoms with Gasteiger partial charge in [0.2, 0.25) is 11.0 Å². The standard InChI is InChI=1S/C14H28N2O2S2/c1-11(2)7-8-12(17)16-10-6-5-9-14(19,15-3)13(18)20-4/h11,15,19H,5-10H2,1-4H3,(H,16,17). The molecule has 2 N–H and O–H groups in total. The van der Waals surface area contributed by atoms with Crippen LogP contribution in [0.4, 0.5) is 0 Å². The Bertz CT molecular complexity index is 312. The minimum atomic E-state index is -0.763. The van der Waals surface area contributed by atoms with Gasteiger partial charge in [0.25, 0.3) is 0 Å². The van der Waals surface area contributed by atoms with Gasteiger partial charge >= 0.3 is 0 Å². The van der Waals surface area contributed by atoms with Crippen LogP contribution < -0.4 is 10.6 Å². The van der Waals surface area contributed by atoms with Crippen molar-refractivity contribution in [2.75, 3.05) is 19.8 Å². The number of carbonyl (C=O) groups is 2. The van der Waals surface area contributed by atoms with Crippen LogP contribution in [0, 0.1) is 5.92 Å². The second kappa shape index (κ2) is 10.5. The van der Waals surface area contributed by atoms with E-state index < -0.39 is 4.87 Å². The molecule has 0 aliphatic rings. The van der Waals surface area contributed by atoms with Crippen molar-refractivity contribution in [3.63, 3.8) is 0 Å². The van der Waals surface area contributed by atoms with Crippen LogP contribution in [0.2, 0.25) is 0 Å². The summed E-state index contributed by atoms with van der Waals surface area (Å²) in [6, 6.07) is 0. The van der Waals surface area contributed by atoms with Crippen LogP contribution in [-0.2, 0) is 9.59 Å². The lowest BCUT2D eigenvalue weighted by atomic mass is 10.1. The highest BCUT2D eigenvalue weighted by atomic mass is 32.2. The quantitative estimate of drug-likeness (QED) is 0.329. The van der Waals surface area contributed by atoms with Gasteiger partial charge in [-0.25, -0.2) is 0 Å². The summed E-state index contributed by atoms with van der Waals surface area (Å²) < 4.78 is 0. The molecule has 0 spiro atoms. The maximum absolute atomic E-state index is 11.7. The van der Waals surface area contributed by atoms with E-state index in [0.29, 0.717) is 25.3 Å². The monoisotopic (exact) mass is 320 g/mol. The Morgan fingerprint density at radius 3 is 2.45 bits per heavy atom. The lowest BCUT2D eigenvalue weighted by molar-refractivity contribution is -0.121. The van der Waals surface area contributed by atoms with Crippen molar-refractivity contribution in [1.82, 2.24) is 10.6 Å². The SMILES string of the molecule is CNC(S)(CCCCNC(=O)CCC(C)C)C(=O)SC. The van der Waals surface area contributed by atoms with Crippen molar-refractivity contribution in [3.8, 4) is 0 Å². The van der Waals surface area contributed by atoms with Crippen LogP contribution in [-0.4, -0.2) is 35.7 Å². The fraction of sp³-hybridized carbons (Fsp3) is 0.857. The molecule has 0 aliphatic carbocycles. The lowest BCUT2D eigenvalue weighted by Gasteiger charge is -2.25. The first kappa shape index (κ1) is 19.8. The van der Waals surface area contributed by atoms with Gasteiger partial charge in [0, 0.05) is 13.0 Å². The van der Waals surface area contributed by atoms with Crippen molar-refractivity contribution < 1.29 is 9.59 Å². The minimum absolute atomic E-state index is 0.0318. The number of hydrogen-bond acceptors (Lipinski definition) is 5. The van der Waals surface area contributed by atoms with Crippen LogP contribution in [0.25, 0.3) is 0 Å². The molecule has 0 saturated carbocycles. The molecular weight excluding hydrogens is 292 g/mol. The summed E-state index contributed by atoms with van der Waals surface area (Å²) in [5.74, 6) is 0.670. The van der Waals surface area contributed by atoms with Gasteiger partial charge in [-0.15, -0.1) is 12.6 Å². The molecule has 0 fully saturated rings. The van der Waals surface area contributed by atoms with Gasteiger partial charge in [-0.3, -0.25) is 14.9 Å².